The number of aromatic amines is 1. The second-order valence-corrected chi connectivity index (χ2v) is 9.27. The number of aliphatic hydroxyl groups excluding tert-OH is 1. The molecule has 4 aromatic rings. The van der Waals surface area contributed by atoms with Crippen LogP contribution in [0, 0.1) is 0 Å². The van der Waals surface area contributed by atoms with Gasteiger partial charge in [-0.05, 0) is 42.8 Å². The SMILES string of the molecule is CN(C)c1ccc2[nH]cc(C3=C(c4cn(CCCO)c5ccc(N(C)C)cc45)C(=O)NC3=O)c2c1. The standard InChI is InChI=1S/C27H29N5O3/c1-30(2)16-6-8-22-18(12-16)20(14-28-22)24-25(27(35)29-26(24)34)21-15-32(10-5-11-33)23-9-7-17(31(3)4)13-19(21)23/h6-9,12-15,28,33H,5,10-11H2,1-4H3,(H,29,34,35). The minimum absolute atomic E-state index is 0.0707. The predicted octanol–water partition coefficient (Wildman–Crippen LogP) is 3.20. The first-order chi connectivity index (χ1) is 16.8. The number of H-pyrrole nitrogens is 1. The summed E-state index contributed by atoms with van der Waals surface area (Å²) in [5.74, 6) is -0.805. The summed E-state index contributed by atoms with van der Waals surface area (Å²) in [6.45, 7) is 0.674. The van der Waals surface area contributed by atoms with Gasteiger partial charge in [0.25, 0.3) is 11.8 Å². The molecule has 0 saturated carbocycles. The number of carbonyl (C=O) groups excluding carboxylic acids is 2. The maximum absolute atomic E-state index is 13.2. The quantitative estimate of drug-likeness (QED) is 0.360. The Morgan fingerprint density at radius 1 is 0.857 bits per heavy atom. The highest BCUT2D eigenvalue weighted by Gasteiger charge is 2.35. The molecule has 8 nitrogen and oxygen atoms in total. The van der Waals surface area contributed by atoms with Crippen LogP contribution < -0.4 is 15.1 Å². The monoisotopic (exact) mass is 471 g/mol. The fourth-order valence-electron chi connectivity index (χ4n) is 4.75. The van der Waals surface area contributed by atoms with Crippen molar-refractivity contribution >= 4 is 56.1 Å². The van der Waals surface area contributed by atoms with Crippen LogP contribution in [-0.4, -0.2) is 61.3 Å². The maximum Gasteiger partial charge on any atom is 0.259 e. The van der Waals surface area contributed by atoms with E-state index in [1.165, 1.54) is 0 Å². The second kappa shape index (κ2) is 8.63. The molecule has 0 atom stereocenters. The molecule has 2 aromatic carbocycles. The number of anilines is 2. The van der Waals surface area contributed by atoms with Crippen molar-refractivity contribution in [2.24, 2.45) is 0 Å². The minimum Gasteiger partial charge on any atom is -0.396 e. The molecular formula is C27H29N5O3. The molecule has 35 heavy (non-hydrogen) atoms. The smallest absolute Gasteiger partial charge is 0.259 e. The number of hydrogen-bond donors (Lipinski definition) is 3. The molecule has 0 aliphatic carbocycles. The zero-order valence-corrected chi connectivity index (χ0v) is 20.3. The number of imide groups is 1. The molecule has 8 heteroatoms. The van der Waals surface area contributed by atoms with Crippen LogP contribution in [0.15, 0.2) is 48.8 Å². The molecule has 5 rings (SSSR count). The average molecular weight is 472 g/mol. The third kappa shape index (κ3) is 3.76. The van der Waals surface area contributed by atoms with E-state index in [0.29, 0.717) is 35.2 Å². The third-order valence-electron chi connectivity index (χ3n) is 6.59. The lowest BCUT2D eigenvalue weighted by Crippen LogP contribution is -2.22. The summed E-state index contributed by atoms with van der Waals surface area (Å²) >= 11 is 0. The molecule has 3 N–H and O–H groups in total. The highest BCUT2D eigenvalue weighted by Crippen LogP contribution is 2.39. The molecule has 0 saturated heterocycles. The van der Waals surface area contributed by atoms with Gasteiger partial charge in [0.2, 0.25) is 0 Å². The predicted molar refractivity (Wildman–Crippen MR) is 141 cm³/mol. The summed E-state index contributed by atoms with van der Waals surface area (Å²) < 4.78 is 2.04. The van der Waals surface area contributed by atoms with Gasteiger partial charge in [-0.15, -0.1) is 0 Å². The number of hydrogen-bond acceptors (Lipinski definition) is 5. The number of fused-ring (bicyclic) bond motifs is 2. The number of aliphatic hydroxyl groups is 1. The molecule has 0 bridgehead atoms. The lowest BCUT2D eigenvalue weighted by Gasteiger charge is -2.13. The molecule has 0 fully saturated rings. The van der Waals surface area contributed by atoms with Crippen molar-refractivity contribution in [3.05, 3.63) is 59.9 Å². The van der Waals surface area contributed by atoms with Gasteiger partial charge in [0.1, 0.15) is 0 Å². The number of nitrogens with zero attached hydrogens (tertiary/aromatic N) is 3. The highest BCUT2D eigenvalue weighted by molar-refractivity contribution is 6.50. The highest BCUT2D eigenvalue weighted by atomic mass is 16.3. The van der Waals surface area contributed by atoms with E-state index in [1.807, 2.05) is 85.2 Å². The summed E-state index contributed by atoms with van der Waals surface area (Å²) in [7, 11) is 7.86. The van der Waals surface area contributed by atoms with Crippen molar-refractivity contribution < 1.29 is 14.7 Å². The molecule has 2 aromatic heterocycles. The van der Waals surface area contributed by atoms with Gasteiger partial charge in [-0.3, -0.25) is 14.9 Å². The lowest BCUT2D eigenvalue weighted by atomic mass is 9.95. The number of aryl methyl sites for hydroxylation is 1. The zero-order chi connectivity index (χ0) is 24.9. The second-order valence-electron chi connectivity index (χ2n) is 9.27. The Balaban J connectivity index is 1.79. The third-order valence-corrected chi connectivity index (χ3v) is 6.59. The van der Waals surface area contributed by atoms with Gasteiger partial charge in [-0.1, -0.05) is 0 Å². The van der Waals surface area contributed by atoms with Crippen molar-refractivity contribution in [2.45, 2.75) is 13.0 Å². The summed E-state index contributed by atoms with van der Waals surface area (Å²) in [4.78, 5) is 33.6. The average Bonchev–Trinajstić information content (AvgIpc) is 3.49. The Morgan fingerprint density at radius 3 is 2.14 bits per heavy atom. The van der Waals surface area contributed by atoms with Crippen LogP contribution >= 0.6 is 0 Å². The van der Waals surface area contributed by atoms with Gasteiger partial charge in [0, 0.05) is 98.0 Å². The lowest BCUT2D eigenvalue weighted by molar-refractivity contribution is -0.122. The molecule has 2 amide bonds. The number of amides is 2. The first-order valence-electron chi connectivity index (χ1n) is 11.6. The summed E-state index contributed by atoms with van der Waals surface area (Å²) in [5.41, 5.74) is 5.98. The van der Waals surface area contributed by atoms with E-state index in [1.54, 1.807) is 6.20 Å². The zero-order valence-electron chi connectivity index (χ0n) is 20.3. The molecule has 3 heterocycles. The van der Waals surface area contributed by atoms with Crippen molar-refractivity contribution in [3.8, 4) is 0 Å². The van der Waals surface area contributed by atoms with E-state index in [0.717, 1.165) is 33.2 Å². The normalized spacial score (nSPS) is 13.9. The minimum atomic E-state index is -0.403. The van der Waals surface area contributed by atoms with Crippen molar-refractivity contribution in [1.29, 1.82) is 0 Å². The topological polar surface area (TPSA) is 93.6 Å². The van der Waals surface area contributed by atoms with Crippen LogP contribution in [-0.2, 0) is 16.1 Å². The van der Waals surface area contributed by atoms with Crippen molar-refractivity contribution in [1.82, 2.24) is 14.9 Å². The largest absolute Gasteiger partial charge is 0.396 e. The van der Waals surface area contributed by atoms with Gasteiger partial charge < -0.3 is 24.5 Å². The Morgan fingerprint density at radius 2 is 1.49 bits per heavy atom. The van der Waals surface area contributed by atoms with Gasteiger partial charge in [-0.25, -0.2) is 0 Å². The molecular weight excluding hydrogens is 442 g/mol. The van der Waals surface area contributed by atoms with E-state index in [2.05, 4.69) is 10.3 Å². The number of aromatic nitrogens is 2. The molecule has 1 aliphatic rings. The molecule has 1 aliphatic heterocycles. The Hall–Kier alpha value is -4.04. The number of carbonyl (C=O) groups is 2. The van der Waals surface area contributed by atoms with E-state index < -0.39 is 11.8 Å². The van der Waals surface area contributed by atoms with Gasteiger partial charge in [0.15, 0.2) is 0 Å². The van der Waals surface area contributed by atoms with Crippen molar-refractivity contribution in [2.75, 3.05) is 44.6 Å². The first kappa shape index (κ1) is 22.7. The molecule has 180 valence electrons. The Kier molecular flexibility index (Phi) is 5.61. The molecule has 0 unspecified atom stereocenters. The van der Waals surface area contributed by atoms with Crippen LogP contribution in [0.25, 0.3) is 33.0 Å². The van der Waals surface area contributed by atoms with Crippen LogP contribution in [0.2, 0.25) is 0 Å². The van der Waals surface area contributed by atoms with E-state index in [-0.39, 0.29) is 6.61 Å². The van der Waals surface area contributed by atoms with Gasteiger partial charge >= 0.3 is 0 Å². The van der Waals surface area contributed by atoms with E-state index in [9.17, 15) is 14.7 Å². The number of rotatable bonds is 7. The Bertz CT molecular complexity index is 1510. The van der Waals surface area contributed by atoms with E-state index >= 15 is 0 Å². The Labute approximate surface area is 203 Å². The maximum atomic E-state index is 13.2. The number of nitrogens with one attached hydrogen (secondary N) is 2. The van der Waals surface area contributed by atoms with Gasteiger partial charge in [-0.2, -0.15) is 0 Å². The van der Waals surface area contributed by atoms with Gasteiger partial charge in [0.05, 0.1) is 11.1 Å². The first-order valence-corrected chi connectivity index (χ1v) is 11.6. The van der Waals surface area contributed by atoms with Crippen molar-refractivity contribution in [3.63, 3.8) is 0 Å². The summed E-state index contributed by atoms with van der Waals surface area (Å²) in [5, 5.41) is 13.7. The molecule has 0 spiro atoms. The summed E-state index contributed by atoms with van der Waals surface area (Å²) in [6, 6.07) is 12.1. The fourth-order valence-corrected chi connectivity index (χ4v) is 4.75. The number of benzene rings is 2. The van der Waals surface area contributed by atoms with Crippen LogP contribution in [0.5, 0.6) is 0 Å². The summed E-state index contributed by atoms with van der Waals surface area (Å²) in [6.07, 6.45) is 4.31. The fraction of sp³-hybridized carbons (Fsp3) is 0.259. The molecule has 0 radical (unpaired) electrons. The van der Waals surface area contributed by atoms with Crippen LogP contribution in [0.4, 0.5) is 11.4 Å². The van der Waals surface area contributed by atoms with Crippen LogP contribution in [0.1, 0.15) is 17.5 Å². The van der Waals surface area contributed by atoms with Crippen LogP contribution in [0.3, 0.4) is 0 Å². The van der Waals surface area contributed by atoms with E-state index in [4.69, 9.17) is 0 Å².